The van der Waals surface area contributed by atoms with Gasteiger partial charge in [0.25, 0.3) is 0 Å². The third kappa shape index (κ3) is 2.46. The number of fused-ring (bicyclic) bond motifs is 3. The van der Waals surface area contributed by atoms with Gasteiger partial charge in [0.05, 0.1) is 22.8 Å². The average molecular weight is 367 g/mol. The van der Waals surface area contributed by atoms with Crippen molar-refractivity contribution < 1.29 is 14.3 Å². The number of nitrogens with one attached hydrogen (secondary N) is 1. The zero-order chi connectivity index (χ0) is 19.4. The number of carbonyl (C=O) groups is 2. The molecule has 1 N–H and O–H groups in total. The Morgan fingerprint density at radius 3 is 2.63 bits per heavy atom. The zero-order valence-corrected chi connectivity index (χ0v) is 16.2. The third-order valence-corrected chi connectivity index (χ3v) is 6.64. The van der Waals surface area contributed by atoms with Gasteiger partial charge in [-0.1, -0.05) is 6.92 Å². The van der Waals surface area contributed by atoms with Crippen molar-refractivity contribution in [3.8, 4) is 0 Å². The molecule has 27 heavy (non-hydrogen) atoms. The Labute approximate surface area is 158 Å². The van der Waals surface area contributed by atoms with Crippen LogP contribution in [-0.4, -0.2) is 35.6 Å². The van der Waals surface area contributed by atoms with Gasteiger partial charge in [-0.25, -0.2) is 0 Å². The van der Waals surface area contributed by atoms with Crippen LogP contribution in [0, 0.1) is 11.8 Å². The molecule has 0 radical (unpaired) electrons. The SMILES string of the molecule is CNc1ccc(N(C=O)C(=O)[C@H]2[C@@H](C)[C@]3(C)CC[C@@]2(C)O3)c2ccncc12. The quantitative estimate of drug-likeness (QED) is 0.839. The van der Waals surface area contributed by atoms with E-state index in [0.29, 0.717) is 12.1 Å². The number of carbonyl (C=O) groups excluding carboxylic acids is 2. The number of hydrogen-bond acceptors (Lipinski definition) is 5. The van der Waals surface area contributed by atoms with Crippen LogP contribution in [0.5, 0.6) is 0 Å². The lowest BCUT2D eigenvalue weighted by molar-refractivity contribution is -0.130. The maximum absolute atomic E-state index is 13.5. The molecule has 2 aromatic rings. The van der Waals surface area contributed by atoms with Crippen molar-refractivity contribution in [2.45, 2.75) is 44.8 Å². The molecule has 4 rings (SSSR count). The summed E-state index contributed by atoms with van der Waals surface area (Å²) in [7, 11) is 1.83. The topological polar surface area (TPSA) is 71.5 Å². The van der Waals surface area contributed by atoms with E-state index in [2.05, 4.69) is 24.1 Å². The second-order valence-corrected chi connectivity index (χ2v) is 8.11. The molecule has 142 valence electrons. The van der Waals surface area contributed by atoms with Gasteiger partial charge in [-0.2, -0.15) is 0 Å². The Morgan fingerprint density at radius 1 is 1.26 bits per heavy atom. The molecule has 6 heteroatoms. The molecule has 1 aromatic carbocycles. The average Bonchev–Trinajstić information content (AvgIpc) is 3.08. The number of imide groups is 1. The Hall–Kier alpha value is -2.47. The van der Waals surface area contributed by atoms with E-state index in [0.717, 1.165) is 29.3 Å². The Balaban J connectivity index is 1.79. The molecular formula is C21H25N3O3. The predicted molar refractivity (Wildman–Crippen MR) is 105 cm³/mol. The van der Waals surface area contributed by atoms with Crippen LogP contribution in [0.1, 0.15) is 33.6 Å². The number of benzene rings is 1. The monoisotopic (exact) mass is 367 g/mol. The maximum Gasteiger partial charge on any atom is 0.239 e. The summed E-state index contributed by atoms with van der Waals surface area (Å²) < 4.78 is 6.26. The summed E-state index contributed by atoms with van der Waals surface area (Å²) in [6.45, 7) is 6.13. The van der Waals surface area contributed by atoms with E-state index >= 15 is 0 Å². The molecule has 2 saturated heterocycles. The third-order valence-electron chi connectivity index (χ3n) is 6.64. The lowest BCUT2D eigenvalue weighted by Crippen LogP contribution is -2.48. The molecule has 1 aromatic heterocycles. The number of anilines is 2. The van der Waals surface area contributed by atoms with Crippen molar-refractivity contribution in [3.63, 3.8) is 0 Å². The number of rotatable bonds is 4. The van der Waals surface area contributed by atoms with Gasteiger partial charge in [0.2, 0.25) is 12.3 Å². The van der Waals surface area contributed by atoms with E-state index < -0.39 is 5.60 Å². The number of amides is 2. The second-order valence-electron chi connectivity index (χ2n) is 8.11. The van der Waals surface area contributed by atoms with Crippen molar-refractivity contribution >= 4 is 34.5 Å². The summed E-state index contributed by atoms with van der Waals surface area (Å²) in [4.78, 5) is 31.0. The Morgan fingerprint density at radius 2 is 2.00 bits per heavy atom. The van der Waals surface area contributed by atoms with Crippen LogP contribution >= 0.6 is 0 Å². The largest absolute Gasteiger partial charge is 0.388 e. The van der Waals surface area contributed by atoms with Gasteiger partial charge in [0.15, 0.2) is 0 Å². The first kappa shape index (κ1) is 17.9. The normalized spacial score (nSPS) is 31.9. The van der Waals surface area contributed by atoms with Gasteiger partial charge in [0.1, 0.15) is 0 Å². The van der Waals surface area contributed by atoms with E-state index in [-0.39, 0.29) is 23.3 Å². The minimum atomic E-state index is -0.519. The molecule has 6 nitrogen and oxygen atoms in total. The molecule has 4 atom stereocenters. The summed E-state index contributed by atoms with van der Waals surface area (Å²) >= 11 is 0. The zero-order valence-electron chi connectivity index (χ0n) is 16.2. The van der Waals surface area contributed by atoms with E-state index in [9.17, 15) is 9.59 Å². The van der Waals surface area contributed by atoms with Crippen molar-refractivity contribution in [2.75, 3.05) is 17.3 Å². The highest BCUT2D eigenvalue weighted by atomic mass is 16.5. The molecule has 0 spiro atoms. The van der Waals surface area contributed by atoms with E-state index in [1.807, 2.05) is 32.2 Å². The van der Waals surface area contributed by atoms with Gasteiger partial charge in [-0.3, -0.25) is 19.5 Å². The minimum absolute atomic E-state index is 0.0516. The smallest absolute Gasteiger partial charge is 0.239 e. The first-order chi connectivity index (χ1) is 12.8. The molecule has 2 amide bonds. The summed E-state index contributed by atoms with van der Waals surface area (Å²) in [5.74, 6) is -0.489. The Kier molecular flexibility index (Phi) is 4.00. The number of hydrogen-bond donors (Lipinski definition) is 1. The van der Waals surface area contributed by atoms with Crippen LogP contribution in [0.25, 0.3) is 10.8 Å². The molecule has 2 bridgehead atoms. The van der Waals surface area contributed by atoms with Crippen LogP contribution in [0.3, 0.4) is 0 Å². The van der Waals surface area contributed by atoms with Gasteiger partial charge < -0.3 is 10.1 Å². The highest BCUT2D eigenvalue weighted by Crippen LogP contribution is 2.57. The summed E-state index contributed by atoms with van der Waals surface area (Å²) in [5.41, 5.74) is 0.659. The van der Waals surface area contributed by atoms with Gasteiger partial charge in [-0.15, -0.1) is 0 Å². The van der Waals surface area contributed by atoms with Crippen molar-refractivity contribution in [1.29, 1.82) is 0 Å². The van der Waals surface area contributed by atoms with E-state index in [4.69, 9.17) is 4.74 Å². The fourth-order valence-electron chi connectivity index (χ4n) is 5.01. The first-order valence-electron chi connectivity index (χ1n) is 9.38. The fraction of sp³-hybridized carbons (Fsp3) is 0.476. The first-order valence-corrected chi connectivity index (χ1v) is 9.38. The number of aromatic nitrogens is 1. The number of nitrogens with zero attached hydrogens (tertiary/aromatic N) is 2. The highest BCUT2D eigenvalue weighted by Gasteiger charge is 2.64. The molecule has 0 saturated carbocycles. The van der Waals surface area contributed by atoms with Gasteiger partial charge in [0, 0.05) is 35.9 Å². The van der Waals surface area contributed by atoms with Gasteiger partial charge >= 0.3 is 0 Å². The predicted octanol–water partition coefficient (Wildman–Crippen LogP) is 3.36. The van der Waals surface area contributed by atoms with Crippen LogP contribution < -0.4 is 10.2 Å². The number of pyridine rings is 1. The second kappa shape index (κ2) is 6.02. The number of ether oxygens (including phenoxy) is 1. The van der Waals surface area contributed by atoms with E-state index in [1.165, 1.54) is 4.90 Å². The van der Waals surface area contributed by atoms with Crippen LogP contribution in [-0.2, 0) is 14.3 Å². The van der Waals surface area contributed by atoms with E-state index in [1.54, 1.807) is 12.4 Å². The standard InChI is InChI=1S/C21H25N3O3/c1-13-18(21(3)9-8-20(13,2)27-21)19(26)24(12-25)17-6-5-16(22-4)15-11-23-10-7-14(15)17/h5-7,10-13,18,22H,8-9H2,1-4H3/t13-,18-,20+,21-/m1/s1. The highest BCUT2D eigenvalue weighted by molar-refractivity contribution is 6.15. The minimum Gasteiger partial charge on any atom is -0.388 e. The Bertz CT molecular complexity index is 930. The van der Waals surface area contributed by atoms with Crippen molar-refractivity contribution in [2.24, 2.45) is 11.8 Å². The van der Waals surface area contributed by atoms with Crippen LogP contribution in [0.2, 0.25) is 0 Å². The molecule has 2 aliphatic rings. The fourth-order valence-corrected chi connectivity index (χ4v) is 5.01. The lowest BCUT2D eigenvalue weighted by atomic mass is 9.68. The van der Waals surface area contributed by atoms with Crippen molar-refractivity contribution in [3.05, 3.63) is 30.6 Å². The summed E-state index contributed by atoms with van der Waals surface area (Å²) in [6.07, 6.45) is 5.82. The van der Waals surface area contributed by atoms with Crippen LogP contribution in [0.15, 0.2) is 30.6 Å². The molecule has 2 fully saturated rings. The lowest BCUT2D eigenvalue weighted by Gasteiger charge is -2.35. The van der Waals surface area contributed by atoms with Gasteiger partial charge in [-0.05, 0) is 50.8 Å². The molecule has 3 heterocycles. The summed E-state index contributed by atoms with van der Waals surface area (Å²) in [6, 6.07) is 5.51. The molecule has 2 aliphatic heterocycles. The summed E-state index contributed by atoms with van der Waals surface area (Å²) in [5, 5.41) is 4.81. The van der Waals surface area contributed by atoms with Crippen LogP contribution in [0.4, 0.5) is 11.4 Å². The maximum atomic E-state index is 13.5. The molecular weight excluding hydrogens is 342 g/mol. The molecule has 0 unspecified atom stereocenters. The molecule has 0 aliphatic carbocycles. The van der Waals surface area contributed by atoms with Crippen molar-refractivity contribution in [1.82, 2.24) is 4.98 Å².